The van der Waals surface area contributed by atoms with E-state index in [9.17, 15) is 9.90 Å². The summed E-state index contributed by atoms with van der Waals surface area (Å²) in [6.45, 7) is 12.0. The summed E-state index contributed by atoms with van der Waals surface area (Å²) in [6, 6.07) is 0. The molecule has 1 atom stereocenters. The minimum absolute atomic E-state index is 0.00769. The van der Waals surface area contributed by atoms with Crippen molar-refractivity contribution in [3.05, 3.63) is 0 Å². The van der Waals surface area contributed by atoms with Crippen molar-refractivity contribution < 1.29 is 9.90 Å². The fraction of sp³-hybridized carbons (Fsp3) is 0.917. The van der Waals surface area contributed by atoms with Crippen LogP contribution in [0.3, 0.4) is 0 Å². The van der Waals surface area contributed by atoms with Gasteiger partial charge in [-0.05, 0) is 11.8 Å². The second kappa shape index (κ2) is 4.97. The molecule has 0 spiro atoms. The van der Waals surface area contributed by atoms with Crippen molar-refractivity contribution >= 4 is 5.91 Å². The molecular formula is C12H25NO2. The Balaban J connectivity index is 4.13. The van der Waals surface area contributed by atoms with Gasteiger partial charge in [0.15, 0.2) is 0 Å². The molecule has 0 bridgehead atoms. The van der Waals surface area contributed by atoms with E-state index in [-0.39, 0.29) is 16.7 Å². The third kappa shape index (κ3) is 4.65. The molecule has 0 saturated carbocycles. The van der Waals surface area contributed by atoms with Gasteiger partial charge in [-0.25, -0.2) is 0 Å². The van der Waals surface area contributed by atoms with Crippen LogP contribution in [-0.2, 0) is 4.79 Å². The minimum Gasteiger partial charge on any atom is -0.391 e. The molecule has 0 rings (SSSR count). The van der Waals surface area contributed by atoms with Crippen molar-refractivity contribution in [1.82, 2.24) is 5.32 Å². The van der Waals surface area contributed by atoms with Gasteiger partial charge in [0.2, 0.25) is 5.91 Å². The lowest BCUT2D eigenvalue weighted by Gasteiger charge is -2.28. The van der Waals surface area contributed by atoms with Crippen molar-refractivity contribution in [2.45, 2.75) is 54.1 Å². The summed E-state index contributed by atoms with van der Waals surface area (Å²) in [6.07, 6.45) is 0.291. The molecule has 0 aliphatic rings. The van der Waals surface area contributed by atoms with Gasteiger partial charge in [-0.1, -0.05) is 41.5 Å². The molecule has 0 heterocycles. The number of nitrogens with one attached hydrogen (secondary N) is 1. The second-order valence-corrected chi connectivity index (χ2v) is 5.83. The first kappa shape index (κ1) is 14.4. The van der Waals surface area contributed by atoms with Gasteiger partial charge in [0.05, 0.1) is 6.10 Å². The smallest absolute Gasteiger partial charge is 0.225 e. The van der Waals surface area contributed by atoms with Crippen molar-refractivity contribution in [2.75, 3.05) is 6.54 Å². The largest absolute Gasteiger partial charge is 0.391 e. The first-order chi connectivity index (χ1) is 6.61. The second-order valence-electron chi connectivity index (χ2n) is 5.83. The van der Waals surface area contributed by atoms with E-state index in [1.165, 1.54) is 0 Å². The molecule has 3 heteroatoms. The molecule has 0 aromatic heterocycles. The summed E-state index contributed by atoms with van der Waals surface area (Å²) in [7, 11) is 0. The lowest BCUT2D eigenvalue weighted by atomic mass is 9.87. The maximum Gasteiger partial charge on any atom is 0.225 e. The van der Waals surface area contributed by atoms with Crippen LogP contribution in [0.4, 0.5) is 0 Å². The molecule has 1 amide bonds. The Morgan fingerprint density at radius 3 is 2.07 bits per heavy atom. The first-order valence-electron chi connectivity index (χ1n) is 5.57. The van der Waals surface area contributed by atoms with Crippen LogP contribution >= 0.6 is 0 Å². The number of carbonyl (C=O) groups excluding carboxylic acids is 1. The molecule has 0 aromatic rings. The molecule has 0 aliphatic carbocycles. The van der Waals surface area contributed by atoms with Crippen LogP contribution in [0.5, 0.6) is 0 Å². The zero-order valence-corrected chi connectivity index (χ0v) is 10.8. The first-order valence-corrected chi connectivity index (χ1v) is 5.57. The molecule has 0 fully saturated rings. The summed E-state index contributed by atoms with van der Waals surface area (Å²) >= 11 is 0. The Kier molecular flexibility index (Phi) is 4.78. The third-order valence-corrected chi connectivity index (χ3v) is 2.95. The zero-order valence-electron chi connectivity index (χ0n) is 10.8. The maximum absolute atomic E-state index is 11.7. The molecule has 0 radical (unpaired) electrons. The normalized spacial score (nSPS) is 14.9. The predicted molar refractivity (Wildman–Crippen MR) is 62.5 cm³/mol. The van der Waals surface area contributed by atoms with Crippen LogP contribution < -0.4 is 5.32 Å². The Bertz CT molecular complexity index is 216. The maximum atomic E-state index is 11.7. The van der Waals surface area contributed by atoms with Gasteiger partial charge in [-0.3, -0.25) is 4.79 Å². The van der Waals surface area contributed by atoms with Gasteiger partial charge in [0.25, 0.3) is 0 Å². The fourth-order valence-electron chi connectivity index (χ4n) is 0.895. The molecular weight excluding hydrogens is 190 g/mol. The summed E-state index contributed by atoms with van der Waals surface area (Å²) < 4.78 is 0. The van der Waals surface area contributed by atoms with Gasteiger partial charge in [0.1, 0.15) is 0 Å². The number of aliphatic hydroxyl groups excluding tert-OH is 1. The van der Waals surface area contributed by atoms with Gasteiger partial charge in [-0.2, -0.15) is 0 Å². The Morgan fingerprint density at radius 2 is 1.73 bits per heavy atom. The van der Waals surface area contributed by atoms with Crippen LogP contribution in [0.1, 0.15) is 48.0 Å². The molecule has 90 valence electrons. The van der Waals surface area contributed by atoms with Crippen LogP contribution in [0.2, 0.25) is 0 Å². The average molecular weight is 215 g/mol. The summed E-state index contributed by atoms with van der Waals surface area (Å²) in [5.41, 5.74) is -0.540. The van der Waals surface area contributed by atoms with Crippen molar-refractivity contribution in [3.63, 3.8) is 0 Å². The Labute approximate surface area is 93.3 Å². The molecule has 1 unspecified atom stereocenters. The van der Waals surface area contributed by atoms with Crippen molar-refractivity contribution in [1.29, 1.82) is 0 Å². The van der Waals surface area contributed by atoms with E-state index in [1.54, 1.807) is 0 Å². The number of carbonyl (C=O) groups is 1. The van der Waals surface area contributed by atoms with E-state index < -0.39 is 6.10 Å². The standard InChI is InChI=1S/C12H25NO2/c1-7-12(5,6)10(15)13-8-9(14)11(2,3)4/h9,14H,7-8H2,1-6H3,(H,13,15). The van der Waals surface area contributed by atoms with E-state index in [1.807, 2.05) is 41.5 Å². The Hall–Kier alpha value is -0.570. The average Bonchev–Trinajstić information content (AvgIpc) is 2.11. The lowest BCUT2D eigenvalue weighted by Crippen LogP contribution is -2.43. The number of hydrogen-bond acceptors (Lipinski definition) is 2. The highest BCUT2D eigenvalue weighted by Crippen LogP contribution is 2.21. The molecule has 3 nitrogen and oxygen atoms in total. The minimum atomic E-state index is -0.505. The zero-order chi connectivity index (χ0) is 12.3. The van der Waals surface area contributed by atoms with Crippen LogP contribution in [0, 0.1) is 10.8 Å². The van der Waals surface area contributed by atoms with E-state index in [0.29, 0.717) is 6.54 Å². The van der Waals surface area contributed by atoms with Crippen LogP contribution in [0.25, 0.3) is 0 Å². The number of amides is 1. The van der Waals surface area contributed by atoms with E-state index >= 15 is 0 Å². The Morgan fingerprint density at radius 1 is 1.27 bits per heavy atom. The number of rotatable bonds is 4. The van der Waals surface area contributed by atoms with Crippen LogP contribution in [-0.4, -0.2) is 23.7 Å². The van der Waals surface area contributed by atoms with Crippen molar-refractivity contribution in [2.24, 2.45) is 10.8 Å². The monoisotopic (exact) mass is 215 g/mol. The number of aliphatic hydroxyl groups is 1. The molecule has 0 aromatic carbocycles. The van der Waals surface area contributed by atoms with Crippen LogP contribution in [0.15, 0.2) is 0 Å². The summed E-state index contributed by atoms with van der Waals surface area (Å²) in [5.74, 6) is 0.00769. The van der Waals surface area contributed by atoms with Gasteiger partial charge >= 0.3 is 0 Å². The van der Waals surface area contributed by atoms with Gasteiger partial charge in [0, 0.05) is 12.0 Å². The SMILES string of the molecule is CCC(C)(C)C(=O)NCC(O)C(C)(C)C. The highest BCUT2D eigenvalue weighted by molar-refractivity contribution is 5.81. The molecule has 2 N–H and O–H groups in total. The fourth-order valence-corrected chi connectivity index (χ4v) is 0.895. The highest BCUT2D eigenvalue weighted by atomic mass is 16.3. The highest BCUT2D eigenvalue weighted by Gasteiger charge is 2.27. The predicted octanol–water partition coefficient (Wildman–Crippen LogP) is 1.95. The van der Waals surface area contributed by atoms with Gasteiger partial charge < -0.3 is 10.4 Å². The number of hydrogen-bond donors (Lipinski definition) is 2. The molecule has 0 aliphatic heterocycles. The van der Waals surface area contributed by atoms with Crippen molar-refractivity contribution in [3.8, 4) is 0 Å². The summed E-state index contributed by atoms with van der Waals surface area (Å²) in [4.78, 5) is 11.7. The quantitative estimate of drug-likeness (QED) is 0.753. The van der Waals surface area contributed by atoms with E-state index in [2.05, 4.69) is 5.32 Å². The molecule has 0 saturated heterocycles. The molecule has 15 heavy (non-hydrogen) atoms. The topological polar surface area (TPSA) is 49.3 Å². The van der Waals surface area contributed by atoms with E-state index in [0.717, 1.165) is 6.42 Å². The van der Waals surface area contributed by atoms with E-state index in [4.69, 9.17) is 0 Å². The van der Waals surface area contributed by atoms with Gasteiger partial charge in [-0.15, -0.1) is 0 Å². The summed E-state index contributed by atoms with van der Waals surface area (Å²) in [5, 5.41) is 12.5. The third-order valence-electron chi connectivity index (χ3n) is 2.95. The lowest BCUT2D eigenvalue weighted by molar-refractivity contribution is -0.130.